The van der Waals surface area contributed by atoms with E-state index in [0.717, 1.165) is 35.7 Å². The van der Waals surface area contributed by atoms with Crippen molar-refractivity contribution in [2.24, 2.45) is 17.8 Å². The van der Waals surface area contributed by atoms with Crippen LogP contribution in [0.25, 0.3) is 0 Å². The first kappa shape index (κ1) is 15.0. The molecule has 0 radical (unpaired) electrons. The third-order valence-electron chi connectivity index (χ3n) is 4.42. The monoisotopic (exact) mass is 328 g/mol. The first-order valence-corrected chi connectivity index (χ1v) is 7.88. The molecular weight excluding hydrogens is 307 g/mol. The largest absolute Gasteiger partial charge is 0.393 e. The highest BCUT2D eigenvalue weighted by atomic mass is 79.9. The van der Waals surface area contributed by atoms with E-state index in [9.17, 15) is 9.50 Å². The van der Waals surface area contributed by atoms with Crippen LogP contribution in [0.5, 0.6) is 0 Å². The van der Waals surface area contributed by atoms with Gasteiger partial charge in [-0.15, -0.1) is 0 Å². The second-order valence-corrected chi connectivity index (χ2v) is 6.94. The molecule has 3 atom stereocenters. The lowest BCUT2D eigenvalue weighted by Crippen LogP contribution is -2.32. The molecule has 1 aliphatic carbocycles. The van der Waals surface area contributed by atoms with E-state index in [1.807, 2.05) is 0 Å². The van der Waals surface area contributed by atoms with Gasteiger partial charge in [0, 0.05) is 4.47 Å². The summed E-state index contributed by atoms with van der Waals surface area (Å²) in [6.07, 6.45) is 3.54. The zero-order valence-electron chi connectivity index (χ0n) is 11.6. The minimum Gasteiger partial charge on any atom is -0.393 e. The quantitative estimate of drug-likeness (QED) is 0.862. The lowest BCUT2D eigenvalue weighted by molar-refractivity contribution is 0.0377. The average Bonchev–Trinajstić information content (AvgIpc) is 2.36. The molecule has 0 spiro atoms. The van der Waals surface area contributed by atoms with E-state index in [4.69, 9.17) is 0 Å². The summed E-state index contributed by atoms with van der Waals surface area (Å²) in [5, 5.41) is 10.2. The van der Waals surface area contributed by atoms with Crippen LogP contribution in [0.4, 0.5) is 4.39 Å². The van der Waals surface area contributed by atoms with Crippen LogP contribution in [0.3, 0.4) is 0 Å². The molecule has 0 saturated heterocycles. The van der Waals surface area contributed by atoms with Gasteiger partial charge in [-0.3, -0.25) is 0 Å². The van der Waals surface area contributed by atoms with Gasteiger partial charge in [-0.05, 0) is 67.2 Å². The molecular formula is C16H22BrFO. The second kappa shape index (κ2) is 6.36. The number of rotatable bonds is 3. The fraction of sp³-hybridized carbons (Fsp3) is 0.625. The Bertz CT molecular complexity index is 433. The molecule has 2 rings (SSSR count). The second-order valence-electron chi connectivity index (χ2n) is 6.08. The number of hydrogen-bond acceptors (Lipinski definition) is 1. The van der Waals surface area contributed by atoms with Gasteiger partial charge in [0.1, 0.15) is 5.82 Å². The number of hydrogen-bond donors (Lipinski definition) is 1. The van der Waals surface area contributed by atoms with E-state index < -0.39 is 0 Å². The van der Waals surface area contributed by atoms with Crippen molar-refractivity contribution in [1.29, 1.82) is 0 Å². The summed E-state index contributed by atoms with van der Waals surface area (Å²) in [5.74, 6) is 1.38. The summed E-state index contributed by atoms with van der Waals surface area (Å²) in [6.45, 7) is 4.50. The van der Waals surface area contributed by atoms with Gasteiger partial charge in [-0.1, -0.05) is 29.8 Å². The van der Waals surface area contributed by atoms with Crippen molar-refractivity contribution in [3.05, 3.63) is 34.1 Å². The summed E-state index contributed by atoms with van der Waals surface area (Å²) in [5.41, 5.74) is 0.966. The lowest BCUT2D eigenvalue weighted by atomic mass is 9.73. The lowest BCUT2D eigenvalue weighted by Gasteiger charge is -2.35. The zero-order valence-corrected chi connectivity index (χ0v) is 13.2. The molecule has 0 bridgehead atoms. The molecule has 3 unspecified atom stereocenters. The Morgan fingerprint density at radius 1 is 1.37 bits per heavy atom. The van der Waals surface area contributed by atoms with Crippen LogP contribution in [0.15, 0.2) is 22.7 Å². The Balaban J connectivity index is 2.09. The molecule has 19 heavy (non-hydrogen) atoms. The van der Waals surface area contributed by atoms with E-state index in [-0.39, 0.29) is 17.8 Å². The van der Waals surface area contributed by atoms with Crippen molar-refractivity contribution in [2.75, 3.05) is 0 Å². The number of aliphatic hydroxyl groups is 1. The van der Waals surface area contributed by atoms with Gasteiger partial charge >= 0.3 is 0 Å². The molecule has 0 aliphatic heterocycles. The van der Waals surface area contributed by atoms with Crippen LogP contribution < -0.4 is 0 Å². The molecule has 0 aromatic heterocycles. The zero-order chi connectivity index (χ0) is 14.0. The summed E-state index contributed by atoms with van der Waals surface area (Å²) < 4.78 is 14.3. The summed E-state index contributed by atoms with van der Waals surface area (Å²) >= 11 is 3.47. The highest BCUT2D eigenvalue weighted by Crippen LogP contribution is 2.36. The van der Waals surface area contributed by atoms with Crippen molar-refractivity contribution in [3.8, 4) is 0 Å². The maximum absolute atomic E-state index is 13.3. The molecule has 1 aromatic rings. The van der Waals surface area contributed by atoms with Crippen molar-refractivity contribution in [2.45, 2.75) is 45.6 Å². The number of aliphatic hydroxyl groups excluding tert-OH is 1. The standard InChI is InChI=1S/C16H22BrFO/c1-10(2)11-3-6-16(19)13(7-11)8-12-9-14(18)4-5-15(12)17/h4-5,9-11,13,16,19H,3,6-8H2,1-2H3. The van der Waals surface area contributed by atoms with Crippen LogP contribution in [0, 0.1) is 23.6 Å². The average molecular weight is 329 g/mol. The molecule has 1 nitrogen and oxygen atoms in total. The summed E-state index contributed by atoms with van der Waals surface area (Å²) in [7, 11) is 0. The molecule has 106 valence electrons. The van der Waals surface area contributed by atoms with Gasteiger partial charge in [0.25, 0.3) is 0 Å². The third kappa shape index (κ3) is 3.79. The Labute approximate surface area is 123 Å². The van der Waals surface area contributed by atoms with Crippen LogP contribution in [-0.4, -0.2) is 11.2 Å². The summed E-state index contributed by atoms with van der Waals surface area (Å²) in [6, 6.07) is 4.79. The Morgan fingerprint density at radius 2 is 2.11 bits per heavy atom. The van der Waals surface area contributed by atoms with Crippen molar-refractivity contribution in [1.82, 2.24) is 0 Å². The normalized spacial score (nSPS) is 27.8. The number of halogens is 2. The van der Waals surface area contributed by atoms with Crippen LogP contribution in [0.1, 0.15) is 38.7 Å². The van der Waals surface area contributed by atoms with Gasteiger partial charge < -0.3 is 5.11 Å². The van der Waals surface area contributed by atoms with E-state index in [1.165, 1.54) is 6.07 Å². The van der Waals surface area contributed by atoms with E-state index >= 15 is 0 Å². The molecule has 3 heteroatoms. The molecule has 1 N–H and O–H groups in total. The van der Waals surface area contributed by atoms with E-state index in [0.29, 0.717) is 11.8 Å². The highest BCUT2D eigenvalue weighted by Gasteiger charge is 2.30. The van der Waals surface area contributed by atoms with Crippen molar-refractivity contribution in [3.63, 3.8) is 0 Å². The summed E-state index contributed by atoms with van der Waals surface area (Å²) in [4.78, 5) is 0. The number of benzene rings is 1. The minimum atomic E-state index is -0.245. The third-order valence-corrected chi connectivity index (χ3v) is 5.19. The topological polar surface area (TPSA) is 20.2 Å². The van der Waals surface area contributed by atoms with Gasteiger partial charge in [0.05, 0.1) is 6.10 Å². The predicted molar refractivity (Wildman–Crippen MR) is 79.5 cm³/mol. The van der Waals surface area contributed by atoms with Gasteiger partial charge in [0.15, 0.2) is 0 Å². The van der Waals surface area contributed by atoms with Gasteiger partial charge in [0.2, 0.25) is 0 Å². The molecule has 1 aromatic carbocycles. The maximum Gasteiger partial charge on any atom is 0.123 e. The van der Waals surface area contributed by atoms with Gasteiger partial charge in [-0.2, -0.15) is 0 Å². The SMILES string of the molecule is CC(C)C1CCC(O)C(Cc2cc(F)ccc2Br)C1. The highest BCUT2D eigenvalue weighted by molar-refractivity contribution is 9.10. The molecule has 1 saturated carbocycles. The fourth-order valence-electron chi connectivity index (χ4n) is 3.09. The maximum atomic E-state index is 13.3. The Kier molecular flexibility index (Phi) is 5.02. The van der Waals surface area contributed by atoms with E-state index in [2.05, 4.69) is 29.8 Å². The first-order valence-electron chi connectivity index (χ1n) is 7.09. The molecule has 1 aliphatic rings. The Morgan fingerprint density at radius 3 is 2.79 bits per heavy atom. The van der Waals surface area contributed by atoms with Crippen molar-refractivity contribution < 1.29 is 9.50 Å². The Hall–Kier alpha value is -0.410. The van der Waals surface area contributed by atoms with Crippen molar-refractivity contribution >= 4 is 15.9 Å². The fourth-order valence-corrected chi connectivity index (χ4v) is 3.50. The van der Waals surface area contributed by atoms with E-state index in [1.54, 1.807) is 12.1 Å². The molecule has 0 amide bonds. The predicted octanol–water partition coefficient (Wildman–Crippen LogP) is 4.56. The van der Waals surface area contributed by atoms with Gasteiger partial charge in [-0.25, -0.2) is 4.39 Å². The first-order chi connectivity index (χ1) is 8.97. The van der Waals surface area contributed by atoms with Crippen LogP contribution >= 0.6 is 15.9 Å². The molecule has 0 heterocycles. The smallest absolute Gasteiger partial charge is 0.123 e. The minimum absolute atomic E-state index is 0.205. The van der Waals surface area contributed by atoms with Crippen LogP contribution in [0.2, 0.25) is 0 Å². The van der Waals surface area contributed by atoms with Crippen LogP contribution in [-0.2, 0) is 6.42 Å². The molecule has 1 fully saturated rings.